The van der Waals surface area contributed by atoms with Crippen molar-refractivity contribution in [2.75, 3.05) is 12.8 Å². The second-order valence-electron chi connectivity index (χ2n) is 5.86. The number of nitrogens with one attached hydrogen (secondary N) is 2. The van der Waals surface area contributed by atoms with Gasteiger partial charge in [0.25, 0.3) is 0 Å². The summed E-state index contributed by atoms with van der Waals surface area (Å²) in [6.07, 6.45) is 7.44. The normalized spacial score (nSPS) is 28.1. The fourth-order valence-corrected chi connectivity index (χ4v) is 3.81. The minimum Gasteiger partial charge on any atom is -0.353 e. The third-order valence-corrected chi connectivity index (χ3v) is 5.60. The number of carbonyl (C=O) groups is 1. The summed E-state index contributed by atoms with van der Waals surface area (Å²) in [7, 11) is -2.93. The molecule has 5 nitrogen and oxygen atoms in total. The van der Waals surface area contributed by atoms with Crippen LogP contribution in [0.25, 0.3) is 0 Å². The van der Waals surface area contributed by atoms with Gasteiger partial charge < -0.3 is 10.6 Å². The van der Waals surface area contributed by atoms with Crippen LogP contribution in [-0.2, 0) is 14.6 Å². The van der Waals surface area contributed by atoms with Crippen molar-refractivity contribution in [1.29, 1.82) is 0 Å². The second kappa shape index (κ2) is 6.22. The summed E-state index contributed by atoms with van der Waals surface area (Å²) in [6, 6.07) is 0.652. The van der Waals surface area contributed by atoms with E-state index < -0.39 is 9.84 Å². The average Bonchev–Trinajstić information content (AvgIpc) is 3.12. The average molecular weight is 288 g/mol. The van der Waals surface area contributed by atoms with Crippen LogP contribution in [-0.4, -0.2) is 44.5 Å². The van der Waals surface area contributed by atoms with Gasteiger partial charge in [0.2, 0.25) is 5.91 Å². The molecule has 19 heavy (non-hydrogen) atoms. The lowest BCUT2D eigenvalue weighted by atomic mass is 9.95. The van der Waals surface area contributed by atoms with E-state index in [1.807, 2.05) is 0 Å². The van der Waals surface area contributed by atoms with Crippen LogP contribution in [0.3, 0.4) is 0 Å². The highest BCUT2D eigenvalue weighted by Gasteiger charge is 2.28. The van der Waals surface area contributed by atoms with Crippen LogP contribution in [0.1, 0.15) is 44.9 Å². The van der Waals surface area contributed by atoms with Gasteiger partial charge in [-0.2, -0.15) is 0 Å². The monoisotopic (exact) mass is 288 g/mol. The molecule has 0 aromatic carbocycles. The summed E-state index contributed by atoms with van der Waals surface area (Å²) in [5.41, 5.74) is 0. The molecule has 1 amide bonds. The van der Waals surface area contributed by atoms with E-state index in [0.717, 1.165) is 32.1 Å². The molecule has 0 aromatic rings. The predicted molar refractivity (Wildman–Crippen MR) is 74.7 cm³/mol. The second-order valence-corrected chi connectivity index (χ2v) is 8.19. The van der Waals surface area contributed by atoms with E-state index in [1.54, 1.807) is 0 Å². The highest BCUT2D eigenvalue weighted by atomic mass is 32.2. The molecule has 110 valence electrons. The number of carbonyl (C=O) groups excluding carboxylic acids is 1. The standard InChI is InChI=1S/C13H24N2O3S/c1-19(17,18)12-4-2-3-11(9-12)14-8-7-13(16)15-10-5-6-10/h10-12,14H,2-9H2,1H3,(H,15,16). The molecule has 2 fully saturated rings. The number of hydrogen-bond acceptors (Lipinski definition) is 4. The largest absolute Gasteiger partial charge is 0.353 e. The number of sulfone groups is 1. The Morgan fingerprint density at radius 3 is 2.53 bits per heavy atom. The van der Waals surface area contributed by atoms with Crippen molar-refractivity contribution >= 4 is 15.7 Å². The lowest BCUT2D eigenvalue weighted by Gasteiger charge is -2.28. The van der Waals surface area contributed by atoms with E-state index in [0.29, 0.717) is 25.4 Å². The first-order valence-corrected chi connectivity index (χ1v) is 9.12. The van der Waals surface area contributed by atoms with E-state index in [9.17, 15) is 13.2 Å². The summed E-state index contributed by atoms with van der Waals surface area (Å²) < 4.78 is 23.1. The third-order valence-electron chi connectivity index (χ3n) is 3.96. The van der Waals surface area contributed by atoms with Crippen molar-refractivity contribution in [3.63, 3.8) is 0 Å². The van der Waals surface area contributed by atoms with E-state index in [1.165, 1.54) is 6.26 Å². The Morgan fingerprint density at radius 2 is 1.89 bits per heavy atom. The summed E-state index contributed by atoms with van der Waals surface area (Å²) in [4.78, 5) is 11.5. The molecule has 2 aliphatic rings. The van der Waals surface area contributed by atoms with Gasteiger partial charge in [0, 0.05) is 31.3 Å². The predicted octanol–water partition coefficient (Wildman–Crippen LogP) is 0.601. The lowest BCUT2D eigenvalue weighted by Crippen LogP contribution is -2.40. The smallest absolute Gasteiger partial charge is 0.221 e. The topological polar surface area (TPSA) is 75.3 Å². The highest BCUT2D eigenvalue weighted by molar-refractivity contribution is 7.91. The maximum absolute atomic E-state index is 11.6. The van der Waals surface area contributed by atoms with Crippen molar-refractivity contribution in [3.8, 4) is 0 Å². The maximum Gasteiger partial charge on any atom is 0.221 e. The zero-order chi connectivity index (χ0) is 13.9. The highest BCUT2D eigenvalue weighted by Crippen LogP contribution is 2.23. The van der Waals surface area contributed by atoms with Gasteiger partial charge in [-0.25, -0.2) is 8.42 Å². The van der Waals surface area contributed by atoms with Gasteiger partial charge in [0.1, 0.15) is 9.84 Å². The summed E-state index contributed by atoms with van der Waals surface area (Å²) in [5.74, 6) is 0.102. The fourth-order valence-electron chi connectivity index (χ4n) is 2.64. The van der Waals surface area contributed by atoms with Crippen LogP contribution in [0.5, 0.6) is 0 Å². The zero-order valence-corrected chi connectivity index (χ0v) is 12.3. The Hall–Kier alpha value is -0.620. The molecule has 0 radical (unpaired) electrons. The zero-order valence-electron chi connectivity index (χ0n) is 11.5. The molecule has 6 heteroatoms. The van der Waals surface area contributed by atoms with Gasteiger partial charge in [-0.3, -0.25) is 4.79 Å². The summed E-state index contributed by atoms with van der Waals surface area (Å²) in [6.45, 7) is 0.639. The number of amides is 1. The molecule has 0 saturated heterocycles. The minimum absolute atomic E-state index is 0.102. The molecule has 2 N–H and O–H groups in total. The molecule has 0 aromatic heterocycles. The molecule has 2 atom stereocenters. The molecular formula is C13H24N2O3S. The van der Waals surface area contributed by atoms with Crippen LogP contribution < -0.4 is 10.6 Å². The van der Waals surface area contributed by atoms with Gasteiger partial charge >= 0.3 is 0 Å². The first-order chi connectivity index (χ1) is 8.95. The van der Waals surface area contributed by atoms with Crippen molar-refractivity contribution in [3.05, 3.63) is 0 Å². The summed E-state index contributed by atoms with van der Waals surface area (Å²) in [5, 5.41) is 6.06. The Bertz CT molecular complexity index is 418. The van der Waals surface area contributed by atoms with E-state index in [2.05, 4.69) is 10.6 Å². The number of hydrogen-bond donors (Lipinski definition) is 2. The fraction of sp³-hybridized carbons (Fsp3) is 0.923. The van der Waals surface area contributed by atoms with E-state index in [4.69, 9.17) is 0 Å². The SMILES string of the molecule is CS(=O)(=O)C1CCCC(NCCC(=O)NC2CC2)C1. The van der Waals surface area contributed by atoms with Crippen molar-refractivity contribution in [1.82, 2.24) is 10.6 Å². The van der Waals surface area contributed by atoms with Gasteiger partial charge in [-0.05, 0) is 32.1 Å². The quantitative estimate of drug-likeness (QED) is 0.750. The van der Waals surface area contributed by atoms with Crippen molar-refractivity contribution < 1.29 is 13.2 Å². The molecular weight excluding hydrogens is 264 g/mol. The molecule has 2 rings (SSSR count). The first kappa shape index (κ1) is 14.8. The van der Waals surface area contributed by atoms with Gasteiger partial charge in [0.15, 0.2) is 0 Å². The van der Waals surface area contributed by atoms with Crippen molar-refractivity contribution in [2.45, 2.75) is 62.3 Å². The number of rotatable bonds is 6. The van der Waals surface area contributed by atoms with Gasteiger partial charge in [-0.15, -0.1) is 0 Å². The van der Waals surface area contributed by atoms with Crippen LogP contribution >= 0.6 is 0 Å². The first-order valence-electron chi connectivity index (χ1n) is 7.17. The van der Waals surface area contributed by atoms with E-state index >= 15 is 0 Å². The Morgan fingerprint density at radius 1 is 1.16 bits per heavy atom. The maximum atomic E-state index is 11.6. The van der Waals surface area contributed by atoms with Gasteiger partial charge in [-0.1, -0.05) is 6.42 Å². The third kappa shape index (κ3) is 5.10. The van der Waals surface area contributed by atoms with Crippen LogP contribution in [0.4, 0.5) is 0 Å². The minimum atomic E-state index is -2.93. The Balaban J connectivity index is 1.66. The molecule has 0 bridgehead atoms. The van der Waals surface area contributed by atoms with E-state index in [-0.39, 0.29) is 17.2 Å². The van der Waals surface area contributed by atoms with Gasteiger partial charge in [0.05, 0.1) is 5.25 Å². The molecule has 2 unspecified atom stereocenters. The van der Waals surface area contributed by atoms with Crippen LogP contribution in [0.15, 0.2) is 0 Å². The Kier molecular flexibility index (Phi) is 4.84. The van der Waals surface area contributed by atoms with Crippen LogP contribution in [0.2, 0.25) is 0 Å². The molecule has 0 aliphatic heterocycles. The lowest BCUT2D eigenvalue weighted by molar-refractivity contribution is -0.121. The molecule has 2 saturated carbocycles. The molecule has 2 aliphatic carbocycles. The molecule has 0 heterocycles. The van der Waals surface area contributed by atoms with Crippen LogP contribution in [0, 0.1) is 0 Å². The Labute approximate surface area is 115 Å². The summed E-state index contributed by atoms with van der Waals surface area (Å²) >= 11 is 0. The molecule has 0 spiro atoms. The van der Waals surface area contributed by atoms with Crippen molar-refractivity contribution in [2.24, 2.45) is 0 Å².